The fourth-order valence-electron chi connectivity index (χ4n) is 1.86. The van der Waals surface area contributed by atoms with E-state index in [0.717, 1.165) is 25.7 Å². The molecule has 0 aromatic rings. The van der Waals surface area contributed by atoms with Gasteiger partial charge in [-0.3, -0.25) is 9.59 Å². The van der Waals surface area contributed by atoms with Gasteiger partial charge in [0.25, 0.3) is 0 Å². The van der Waals surface area contributed by atoms with Gasteiger partial charge in [0.15, 0.2) is 11.6 Å². The predicted octanol–water partition coefficient (Wildman–Crippen LogP) is 4.79. The topological polar surface area (TPSA) is 34.1 Å². The number of allylic oxidation sites excluding steroid dienone is 3. The van der Waals surface area contributed by atoms with Crippen molar-refractivity contribution in [2.24, 2.45) is 0 Å². The van der Waals surface area contributed by atoms with Gasteiger partial charge in [0, 0.05) is 12.8 Å². The van der Waals surface area contributed by atoms with Crippen molar-refractivity contribution in [3.63, 3.8) is 0 Å². The molecule has 2 heteroatoms. The van der Waals surface area contributed by atoms with Crippen molar-refractivity contribution >= 4 is 11.6 Å². The smallest absolute Gasteiger partial charge is 0.155 e. The van der Waals surface area contributed by atoms with Gasteiger partial charge >= 0.3 is 0 Å². The van der Waals surface area contributed by atoms with E-state index in [-0.39, 0.29) is 11.6 Å². The zero-order chi connectivity index (χ0) is 14.3. The summed E-state index contributed by atoms with van der Waals surface area (Å²) in [5.41, 5.74) is 0. The second-order valence-corrected chi connectivity index (χ2v) is 4.95. The molecule has 0 saturated carbocycles. The van der Waals surface area contributed by atoms with E-state index >= 15 is 0 Å². The van der Waals surface area contributed by atoms with Gasteiger partial charge in [-0.25, -0.2) is 0 Å². The summed E-state index contributed by atoms with van der Waals surface area (Å²) in [6.45, 7) is 5.63. The third kappa shape index (κ3) is 13.1. The number of carbonyl (C=O) groups excluding carboxylic acids is 2. The number of hydrogen-bond donors (Lipinski definition) is 0. The molecule has 0 amide bonds. The minimum Gasteiger partial charge on any atom is -0.295 e. The van der Waals surface area contributed by atoms with Gasteiger partial charge in [-0.05, 0) is 37.8 Å². The van der Waals surface area contributed by atoms with Crippen LogP contribution in [-0.4, -0.2) is 11.6 Å². The SMILES string of the molecule is C=CC(=O)CCCCCC(=O)/C=C/CCCCCC. The third-order valence-corrected chi connectivity index (χ3v) is 3.10. The Balaban J connectivity index is 3.41. The van der Waals surface area contributed by atoms with Gasteiger partial charge in [-0.1, -0.05) is 45.3 Å². The van der Waals surface area contributed by atoms with Crippen LogP contribution in [0.2, 0.25) is 0 Å². The molecule has 0 bridgehead atoms. The average molecular weight is 264 g/mol. The molecule has 0 aliphatic rings. The van der Waals surface area contributed by atoms with Crippen LogP contribution in [0.5, 0.6) is 0 Å². The molecule has 0 heterocycles. The molecule has 108 valence electrons. The Morgan fingerprint density at radius 3 is 2.16 bits per heavy atom. The highest BCUT2D eigenvalue weighted by atomic mass is 16.1. The van der Waals surface area contributed by atoms with Crippen LogP contribution in [0, 0.1) is 0 Å². The Labute approximate surface area is 118 Å². The van der Waals surface area contributed by atoms with E-state index in [4.69, 9.17) is 0 Å². The molecule has 0 saturated heterocycles. The molecular formula is C17H28O2. The van der Waals surface area contributed by atoms with Gasteiger partial charge < -0.3 is 0 Å². The maximum absolute atomic E-state index is 11.5. The maximum atomic E-state index is 11.5. The Morgan fingerprint density at radius 1 is 0.895 bits per heavy atom. The molecule has 0 N–H and O–H groups in total. The minimum absolute atomic E-state index is 0.0956. The maximum Gasteiger partial charge on any atom is 0.155 e. The minimum atomic E-state index is 0.0956. The largest absolute Gasteiger partial charge is 0.295 e. The summed E-state index contributed by atoms with van der Waals surface area (Å²) >= 11 is 0. The van der Waals surface area contributed by atoms with Crippen LogP contribution in [-0.2, 0) is 9.59 Å². The number of ketones is 2. The summed E-state index contributed by atoms with van der Waals surface area (Å²) in [4.78, 5) is 22.5. The number of unbranched alkanes of at least 4 members (excludes halogenated alkanes) is 6. The monoisotopic (exact) mass is 264 g/mol. The highest BCUT2D eigenvalue weighted by Gasteiger charge is 1.99. The zero-order valence-corrected chi connectivity index (χ0v) is 12.3. The lowest BCUT2D eigenvalue weighted by atomic mass is 10.1. The normalized spacial score (nSPS) is 10.8. The zero-order valence-electron chi connectivity index (χ0n) is 12.3. The highest BCUT2D eigenvalue weighted by molar-refractivity contribution is 5.89. The molecule has 0 rings (SSSR count). The van der Waals surface area contributed by atoms with E-state index < -0.39 is 0 Å². The standard InChI is InChI=1S/C17H28O2/c1-3-5-6-7-8-10-14-17(19)15-12-9-11-13-16(18)4-2/h4,10,14H,2-3,5-9,11-13,15H2,1H3/b14-10+. The first kappa shape index (κ1) is 17.8. The lowest BCUT2D eigenvalue weighted by Gasteiger charge is -1.97. The van der Waals surface area contributed by atoms with Crippen molar-refractivity contribution in [3.05, 3.63) is 24.8 Å². The summed E-state index contributed by atoms with van der Waals surface area (Å²) < 4.78 is 0. The van der Waals surface area contributed by atoms with Crippen LogP contribution < -0.4 is 0 Å². The predicted molar refractivity (Wildman–Crippen MR) is 81.2 cm³/mol. The molecule has 0 aromatic carbocycles. The first-order valence-electron chi connectivity index (χ1n) is 7.55. The van der Waals surface area contributed by atoms with Crippen molar-refractivity contribution in [1.82, 2.24) is 0 Å². The van der Waals surface area contributed by atoms with Crippen LogP contribution in [0.4, 0.5) is 0 Å². The molecule has 0 unspecified atom stereocenters. The van der Waals surface area contributed by atoms with E-state index in [2.05, 4.69) is 13.5 Å². The summed E-state index contributed by atoms with van der Waals surface area (Å²) in [5.74, 6) is 0.309. The molecule has 0 radical (unpaired) electrons. The summed E-state index contributed by atoms with van der Waals surface area (Å²) in [7, 11) is 0. The fraction of sp³-hybridized carbons (Fsp3) is 0.647. The first-order valence-corrected chi connectivity index (χ1v) is 7.55. The van der Waals surface area contributed by atoms with E-state index in [0.29, 0.717) is 12.8 Å². The molecule has 0 aliphatic carbocycles. The number of carbonyl (C=O) groups is 2. The fourth-order valence-corrected chi connectivity index (χ4v) is 1.86. The Bertz CT molecular complexity index is 290. The second kappa shape index (κ2) is 13.3. The highest BCUT2D eigenvalue weighted by Crippen LogP contribution is 2.06. The summed E-state index contributed by atoms with van der Waals surface area (Å²) in [6, 6.07) is 0. The molecule has 0 atom stereocenters. The molecule has 19 heavy (non-hydrogen) atoms. The van der Waals surface area contributed by atoms with E-state index in [1.807, 2.05) is 6.08 Å². The Hall–Kier alpha value is -1.18. The van der Waals surface area contributed by atoms with Gasteiger partial charge in [0.05, 0.1) is 0 Å². The van der Waals surface area contributed by atoms with Crippen molar-refractivity contribution in [2.75, 3.05) is 0 Å². The number of hydrogen-bond acceptors (Lipinski definition) is 2. The second-order valence-electron chi connectivity index (χ2n) is 4.95. The molecule has 2 nitrogen and oxygen atoms in total. The Morgan fingerprint density at radius 2 is 1.53 bits per heavy atom. The van der Waals surface area contributed by atoms with Gasteiger partial charge in [-0.15, -0.1) is 0 Å². The van der Waals surface area contributed by atoms with Gasteiger partial charge in [0.1, 0.15) is 0 Å². The lowest BCUT2D eigenvalue weighted by Crippen LogP contribution is -1.94. The Kier molecular flexibility index (Phi) is 12.4. The lowest BCUT2D eigenvalue weighted by molar-refractivity contribution is -0.115. The first-order chi connectivity index (χ1) is 9.20. The average Bonchev–Trinajstić information content (AvgIpc) is 2.42. The van der Waals surface area contributed by atoms with Crippen LogP contribution in [0.3, 0.4) is 0 Å². The van der Waals surface area contributed by atoms with Crippen molar-refractivity contribution < 1.29 is 9.59 Å². The number of rotatable bonds is 13. The van der Waals surface area contributed by atoms with Crippen LogP contribution >= 0.6 is 0 Å². The summed E-state index contributed by atoms with van der Waals surface area (Å²) in [5, 5.41) is 0. The van der Waals surface area contributed by atoms with Crippen molar-refractivity contribution in [2.45, 2.75) is 71.1 Å². The molecule has 0 aromatic heterocycles. The van der Waals surface area contributed by atoms with E-state index in [1.165, 1.54) is 31.8 Å². The van der Waals surface area contributed by atoms with E-state index in [9.17, 15) is 9.59 Å². The van der Waals surface area contributed by atoms with E-state index in [1.54, 1.807) is 6.08 Å². The van der Waals surface area contributed by atoms with Crippen LogP contribution in [0.15, 0.2) is 24.8 Å². The van der Waals surface area contributed by atoms with Gasteiger partial charge in [0.2, 0.25) is 0 Å². The quantitative estimate of drug-likeness (QED) is 0.354. The molecule has 0 fully saturated rings. The molecule has 0 aliphatic heterocycles. The summed E-state index contributed by atoms with van der Waals surface area (Å²) in [6.07, 6.45) is 14.9. The third-order valence-electron chi connectivity index (χ3n) is 3.10. The van der Waals surface area contributed by atoms with Crippen LogP contribution in [0.25, 0.3) is 0 Å². The van der Waals surface area contributed by atoms with Crippen molar-refractivity contribution in [3.8, 4) is 0 Å². The molecule has 0 spiro atoms. The van der Waals surface area contributed by atoms with Crippen LogP contribution in [0.1, 0.15) is 71.1 Å². The molecular weight excluding hydrogens is 236 g/mol. The van der Waals surface area contributed by atoms with Crippen molar-refractivity contribution in [1.29, 1.82) is 0 Å². The van der Waals surface area contributed by atoms with Gasteiger partial charge in [-0.2, -0.15) is 0 Å².